The summed E-state index contributed by atoms with van der Waals surface area (Å²) in [4.78, 5) is 7.14. The number of pyridine rings is 1. The molecule has 0 atom stereocenters. The highest BCUT2D eigenvalue weighted by atomic mass is 35.5. The van der Waals surface area contributed by atoms with Crippen LogP contribution in [0.25, 0.3) is 22.4 Å². The number of hydrogen-bond acceptors (Lipinski definition) is 5. The molecule has 2 aromatic carbocycles. The largest absolute Gasteiger partial charge is 0.507 e. The van der Waals surface area contributed by atoms with E-state index in [0.29, 0.717) is 21.3 Å². The van der Waals surface area contributed by atoms with Gasteiger partial charge < -0.3 is 15.2 Å². The van der Waals surface area contributed by atoms with Crippen LogP contribution in [0.1, 0.15) is 5.56 Å². The average molecular weight is 458 g/mol. The minimum Gasteiger partial charge on any atom is -0.507 e. The molecule has 0 radical (unpaired) electrons. The molecule has 1 saturated heterocycles. The Morgan fingerprint density at radius 2 is 1.71 bits per heavy atom. The lowest BCUT2D eigenvalue weighted by atomic mass is 10.0. The van der Waals surface area contributed by atoms with Crippen molar-refractivity contribution in [2.45, 2.75) is 6.92 Å². The molecule has 1 aliphatic rings. The molecule has 0 unspecified atom stereocenters. The molecule has 162 valence electrons. The first kappa shape index (κ1) is 21.9. The van der Waals surface area contributed by atoms with E-state index in [0.717, 1.165) is 61.9 Å². The number of nitrogens with one attached hydrogen (secondary N) is 1. The van der Waals surface area contributed by atoms with E-state index in [4.69, 9.17) is 32.9 Å². The maximum Gasteiger partial charge on any atom is 0.127 e. The Balaban J connectivity index is 1.67. The first-order chi connectivity index (χ1) is 15.0. The predicted molar refractivity (Wildman–Crippen MR) is 127 cm³/mol. The Bertz CT molecular complexity index is 1050. The number of ether oxygens (including phenoxy) is 1. The molecule has 7 heteroatoms. The second kappa shape index (κ2) is 9.88. The third kappa shape index (κ3) is 5.69. The van der Waals surface area contributed by atoms with Crippen LogP contribution in [0.2, 0.25) is 10.0 Å². The van der Waals surface area contributed by atoms with Crippen molar-refractivity contribution in [2.24, 2.45) is 0 Å². The van der Waals surface area contributed by atoms with E-state index in [1.165, 1.54) is 0 Å². The zero-order valence-corrected chi connectivity index (χ0v) is 18.9. The highest BCUT2D eigenvalue weighted by Crippen LogP contribution is 2.34. The predicted octanol–water partition coefficient (Wildman–Crippen LogP) is 5.48. The van der Waals surface area contributed by atoms with Gasteiger partial charge in [-0.1, -0.05) is 34.8 Å². The van der Waals surface area contributed by atoms with Gasteiger partial charge in [0.2, 0.25) is 0 Å². The minimum absolute atomic E-state index is 0.193. The number of morpholine rings is 1. The van der Waals surface area contributed by atoms with Gasteiger partial charge in [-0.3, -0.25) is 4.90 Å². The van der Waals surface area contributed by atoms with E-state index in [-0.39, 0.29) is 5.75 Å². The van der Waals surface area contributed by atoms with Crippen LogP contribution in [0.3, 0.4) is 0 Å². The molecule has 0 aliphatic carbocycles. The van der Waals surface area contributed by atoms with Crippen molar-refractivity contribution in [3.63, 3.8) is 0 Å². The van der Waals surface area contributed by atoms with Gasteiger partial charge in [-0.2, -0.15) is 0 Å². The van der Waals surface area contributed by atoms with Crippen molar-refractivity contribution in [1.29, 1.82) is 0 Å². The van der Waals surface area contributed by atoms with Gasteiger partial charge in [0.1, 0.15) is 11.6 Å². The van der Waals surface area contributed by atoms with Gasteiger partial charge in [-0.05, 0) is 60.5 Å². The minimum atomic E-state index is 0.193. The van der Waals surface area contributed by atoms with Gasteiger partial charge >= 0.3 is 0 Å². The molecule has 5 nitrogen and oxygen atoms in total. The summed E-state index contributed by atoms with van der Waals surface area (Å²) in [6, 6.07) is 14.9. The van der Waals surface area contributed by atoms with Crippen molar-refractivity contribution in [1.82, 2.24) is 9.88 Å². The van der Waals surface area contributed by atoms with Crippen molar-refractivity contribution < 1.29 is 9.84 Å². The molecule has 1 aliphatic heterocycles. The summed E-state index contributed by atoms with van der Waals surface area (Å²) in [7, 11) is 0. The zero-order valence-electron chi connectivity index (χ0n) is 17.4. The number of hydrogen-bond donors (Lipinski definition) is 2. The molecule has 31 heavy (non-hydrogen) atoms. The molecule has 2 N–H and O–H groups in total. The second-order valence-electron chi connectivity index (χ2n) is 7.69. The smallest absolute Gasteiger partial charge is 0.127 e. The number of nitrogens with zero attached hydrogens (tertiary/aromatic N) is 2. The molecule has 0 bridgehead atoms. The maximum atomic E-state index is 10.5. The summed E-state index contributed by atoms with van der Waals surface area (Å²) in [5, 5.41) is 15.0. The van der Waals surface area contributed by atoms with Crippen LogP contribution >= 0.6 is 23.2 Å². The summed E-state index contributed by atoms with van der Waals surface area (Å²) in [5.41, 5.74) is 4.23. The summed E-state index contributed by atoms with van der Waals surface area (Å²) >= 11 is 12.5. The fourth-order valence-corrected chi connectivity index (χ4v) is 4.19. The van der Waals surface area contributed by atoms with Crippen LogP contribution in [-0.4, -0.2) is 54.4 Å². The standard InChI is InChI=1S/C24H25Cl2N3O2/c1-16-2-3-23(30)21(10-16)22-13-18(17-11-19(25)15-20(26)12-17)14-24(28-22)27-4-5-29-6-8-31-9-7-29/h2-3,10-15,30H,4-9H2,1H3,(H,27,28). The number of aromatic nitrogens is 1. The van der Waals surface area contributed by atoms with Crippen molar-refractivity contribution in [3.8, 4) is 28.1 Å². The Hall–Kier alpha value is -2.31. The lowest BCUT2D eigenvalue weighted by Gasteiger charge is -2.26. The lowest BCUT2D eigenvalue weighted by molar-refractivity contribution is 0.0398. The van der Waals surface area contributed by atoms with E-state index in [1.54, 1.807) is 12.1 Å². The topological polar surface area (TPSA) is 57.6 Å². The summed E-state index contributed by atoms with van der Waals surface area (Å²) in [6.07, 6.45) is 0. The molecule has 4 rings (SSSR count). The summed E-state index contributed by atoms with van der Waals surface area (Å²) in [6.45, 7) is 7.09. The van der Waals surface area contributed by atoms with Crippen LogP contribution < -0.4 is 5.32 Å². The van der Waals surface area contributed by atoms with Gasteiger partial charge in [0.25, 0.3) is 0 Å². The summed E-state index contributed by atoms with van der Waals surface area (Å²) < 4.78 is 5.41. The molecule has 1 aromatic heterocycles. The van der Waals surface area contributed by atoms with E-state index >= 15 is 0 Å². The number of anilines is 1. The van der Waals surface area contributed by atoms with E-state index in [1.807, 2.05) is 43.3 Å². The van der Waals surface area contributed by atoms with E-state index in [9.17, 15) is 5.11 Å². The molecule has 0 spiro atoms. The van der Waals surface area contributed by atoms with E-state index in [2.05, 4.69) is 10.2 Å². The molecule has 2 heterocycles. The Kier molecular flexibility index (Phi) is 6.98. The summed E-state index contributed by atoms with van der Waals surface area (Å²) in [5.74, 6) is 0.927. The third-order valence-electron chi connectivity index (χ3n) is 5.29. The Morgan fingerprint density at radius 1 is 1.00 bits per heavy atom. The molecule has 1 fully saturated rings. The highest BCUT2D eigenvalue weighted by Gasteiger charge is 2.13. The van der Waals surface area contributed by atoms with Gasteiger partial charge in [0.05, 0.1) is 18.9 Å². The molecular weight excluding hydrogens is 433 g/mol. The normalized spacial score (nSPS) is 14.5. The first-order valence-corrected chi connectivity index (χ1v) is 11.1. The lowest BCUT2D eigenvalue weighted by Crippen LogP contribution is -2.39. The fourth-order valence-electron chi connectivity index (χ4n) is 3.67. The average Bonchev–Trinajstić information content (AvgIpc) is 2.75. The molecule has 0 saturated carbocycles. The zero-order chi connectivity index (χ0) is 21.8. The molecule has 3 aromatic rings. The monoisotopic (exact) mass is 457 g/mol. The van der Waals surface area contributed by atoms with Crippen molar-refractivity contribution in [3.05, 3.63) is 64.1 Å². The van der Waals surface area contributed by atoms with Gasteiger partial charge in [-0.15, -0.1) is 0 Å². The van der Waals surface area contributed by atoms with Crippen LogP contribution in [0.5, 0.6) is 5.75 Å². The Morgan fingerprint density at radius 3 is 2.45 bits per heavy atom. The maximum absolute atomic E-state index is 10.5. The molecule has 0 amide bonds. The molecular formula is C24H25Cl2N3O2. The third-order valence-corrected chi connectivity index (χ3v) is 5.72. The number of aryl methyl sites for hydroxylation is 1. The quantitative estimate of drug-likeness (QED) is 0.512. The highest BCUT2D eigenvalue weighted by molar-refractivity contribution is 6.35. The Labute approximate surface area is 192 Å². The number of benzene rings is 2. The number of rotatable bonds is 6. The van der Waals surface area contributed by atoms with Crippen molar-refractivity contribution in [2.75, 3.05) is 44.7 Å². The fraction of sp³-hybridized carbons (Fsp3) is 0.292. The van der Waals surface area contributed by atoms with Crippen LogP contribution in [0.15, 0.2) is 48.5 Å². The second-order valence-corrected chi connectivity index (χ2v) is 8.56. The van der Waals surface area contributed by atoms with Crippen LogP contribution in [-0.2, 0) is 4.74 Å². The van der Waals surface area contributed by atoms with Gasteiger partial charge in [0.15, 0.2) is 0 Å². The number of halogens is 2. The van der Waals surface area contributed by atoms with Gasteiger partial charge in [-0.25, -0.2) is 4.98 Å². The number of phenolic OH excluding ortho intramolecular Hbond substituents is 1. The van der Waals surface area contributed by atoms with Crippen molar-refractivity contribution >= 4 is 29.0 Å². The van der Waals surface area contributed by atoms with E-state index < -0.39 is 0 Å². The number of aromatic hydroxyl groups is 1. The van der Waals surface area contributed by atoms with Gasteiger partial charge in [0, 0.05) is 41.8 Å². The first-order valence-electron chi connectivity index (χ1n) is 10.3. The van der Waals surface area contributed by atoms with Crippen LogP contribution in [0, 0.1) is 6.92 Å². The SMILES string of the molecule is Cc1ccc(O)c(-c2cc(-c3cc(Cl)cc(Cl)c3)cc(NCCN3CCOCC3)n2)c1. The van der Waals surface area contributed by atoms with Crippen LogP contribution in [0.4, 0.5) is 5.82 Å². The number of phenols is 1.